The second-order valence-electron chi connectivity index (χ2n) is 5.14. The molecule has 0 aromatic heterocycles. The number of nitrogens with one attached hydrogen (secondary N) is 1. The molecule has 4 heteroatoms. The van der Waals surface area contributed by atoms with Gasteiger partial charge in [-0.1, -0.05) is 59.6 Å². The highest BCUT2D eigenvalue weighted by atomic mass is 79.9. The van der Waals surface area contributed by atoms with E-state index in [2.05, 4.69) is 21.2 Å². The quantitative estimate of drug-likeness (QED) is 0.808. The lowest BCUT2D eigenvalue weighted by Crippen LogP contribution is -2.35. The Balaban J connectivity index is 2.00. The molecule has 0 unspecified atom stereocenters. The van der Waals surface area contributed by atoms with Crippen LogP contribution in [-0.2, 0) is 0 Å². The van der Waals surface area contributed by atoms with E-state index in [0.717, 1.165) is 17.3 Å². The van der Waals surface area contributed by atoms with Crippen molar-refractivity contribution in [3.8, 4) is 0 Å². The summed E-state index contributed by atoms with van der Waals surface area (Å²) in [5.41, 5.74) is 0.554. The largest absolute Gasteiger partial charge is 0.349 e. The fourth-order valence-electron chi connectivity index (χ4n) is 2.54. The summed E-state index contributed by atoms with van der Waals surface area (Å²) in [7, 11) is 0. The van der Waals surface area contributed by atoms with Crippen LogP contribution in [0.3, 0.4) is 0 Å². The minimum atomic E-state index is -0.0585. The number of benzene rings is 1. The van der Waals surface area contributed by atoms with Gasteiger partial charge in [-0.25, -0.2) is 0 Å². The number of hydrogen-bond donors (Lipinski definition) is 1. The normalized spacial score (nSPS) is 17.6. The van der Waals surface area contributed by atoms with Gasteiger partial charge in [0.15, 0.2) is 0 Å². The molecule has 0 atom stereocenters. The number of carbonyl (C=O) groups excluding carboxylic acids is 1. The molecule has 1 N–H and O–H groups in total. The molecule has 0 heterocycles. The van der Waals surface area contributed by atoms with Gasteiger partial charge in [0.2, 0.25) is 0 Å². The maximum Gasteiger partial charge on any atom is 0.253 e. The van der Waals surface area contributed by atoms with E-state index >= 15 is 0 Å². The van der Waals surface area contributed by atoms with Crippen molar-refractivity contribution < 1.29 is 4.79 Å². The van der Waals surface area contributed by atoms with Gasteiger partial charge in [0.05, 0.1) is 10.6 Å². The summed E-state index contributed by atoms with van der Waals surface area (Å²) in [6.45, 7) is 0. The number of hydrogen-bond acceptors (Lipinski definition) is 1. The van der Waals surface area contributed by atoms with Crippen LogP contribution in [0.15, 0.2) is 22.7 Å². The van der Waals surface area contributed by atoms with Gasteiger partial charge in [-0.2, -0.15) is 0 Å². The van der Waals surface area contributed by atoms with Crippen LogP contribution in [0.4, 0.5) is 0 Å². The van der Waals surface area contributed by atoms with E-state index in [9.17, 15) is 4.79 Å². The predicted molar refractivity (Wildman–Crippen MR) is 82.7 cm³/mol. The standard InChI is InChI=1S/C15H19BrClNO/c16-11-8-9-14(17)13(10-11)15(19)18-12-6-4-2-1-3-5-7-12/h8-10,12H,1-7H2,(H,18,19). The third-order valence-electron chi connectivity index (χ3n) is 3.61. The third kappa shape index (κ3) is 4.50. The molecule has 1 aliphatic carbocycles. The smallest absolute Gasteiger partial charge is 0.253 e. The molecule has 19 heavy (non-hydrogen) atoms. The molecule has 1 saturated carbocycles. The van der Waals surface area contributed by atoms with E-state index in [-0.39, 0.29) is 5.91 Å². The van der Waals surface area contributed by atoms with E-state index in [4.69, 9.17) is 11.6 Å². The Kier molecular flexibility index (Phi) is 5.71. The van der Waals surface area contributed by atoms with Gasteiger partial charge in [-0.3, -0.25) is 4.79 Å². The summed E-state index contributed by atoms with van der Waals surface area (Å²) >= 11 is 9.46. The summed E-state index contributed by atoms with van der Waals surface area (Å²) in [5, 5.41) is 3.63. The van der Waals surface area contributed by atoms with Gasteiger partial charge in [0, 0.05) is 10.5 Å². The minimum absolute atomic E-state index is 0.0585. The molecule has 1 aliphatic rings. The van der Waals surface area contributed by atoms with Crippen molar-refractivity contribution in [1.29, 1.82) is 0 Å². The van der Waals surface area contributed by atoms with E-state index in [1.165, 1.54) is 32.1 Å². The van der Waals surface area contributed by atoms with Crippen LogP contribution in [0.5, 0.6) is 0 Å². The lowest BCUT2D eigenvalue weighted by molar-refractivity contribution is 0.0930. The Morgan fingerprint density at radius 1 is 1.16 bits per heavy atom. The summed E-state index contributed by atoms with van der Waals surface area (Å²) in [6, 6.07) is 5.66. The fourth-order valence-corrected chi connectivity index (χ4v) is 3.10. The summed E-state index contributed by atoms with van der Waals surface area (Å²) in [4.78, 5) is 12.3. The highest BCUT2D eigenvalue weighted by molar-refractivity contribution is 9.10. The highest BCUT2D eigenvalue weighted by Gasteiger charge is 2.17. The second kappa shape index (κ2) is 7.30. The molecule has 0 spiro atoms. The minimum Gasteiger partial charge on any atom is -0.349 e. The average molecular weight is 345 g/mol. The van der Waals surface area contributed by atoms with Crippen LogP contribution < -0.4 is 5.32 Å². The fraction of sp³-hybridized carbons (Fsp3) is 0.533. The molecular weight excluding hydrogens is 326 g/mol. The predicted octanol–water partition coefficient (Wildman–Crippen LogP) is 4.95. The molecule has 0 radical (unpaired) electrons. The van der Waals surface area contributed by atoms with Crippen molar-refractivity contribution in [2.75, 3.05) is 0 Å². The van der Waals surface area contributed by atoms with E-state index in [0.29, 0.717) is 16.6 Å². The average Bonchev–Trinajstić information content (AvgIpc) is 2.35. The monoisotopic (exact) mass is 343 g/mol. The van der Waals surface area contributed by atoms with Gasteiger partial charge >= 0.3 is 0 Å². The van der Waals surface area contributed by atoms with Crippen LogP contribution in [0.25, 0.3) is 0 Å². The second-order valence-corrected chi connectivity index (χ2v) is 6.46. The van der Waals surface area contributed by atoms with Crippen LogP contribution >= 0.6 is 27.5 Å². The van der Waals surface area contributed by atoms with Crippen molar-refractivity contribution in [1.82, 2.24) is 5.32 Å². The van der Waals surface area contributed by atoms with Gasteiger partial charge in [0.25, 0.3) is 5.91 Å². The SMILES string of the molecule is O=C(NC1CCCCCCC1)c1cc(Br)ccc1Cl. The van der Waals surface area contributed by atoms with E-state index < -0.39 is 0 Å². The molecule has 104 valence electrons. The molecule has 0 saturated heterocycles. The Labute approximate surface area is 128 Å². The molecular formula is C15H19BrClNO. The van der Waals surface area contributed by atoms with Gasteiger partial charge in [-0.05, 0) is 31.0 Å². The summed E-state index contributed by atoms with van der Waals surface area (Å²) in [6.07, 6.45) is 8.47. The van der Waals surface area contributed by atoms with Gasteiger partial charge < -0.3 is 5.32 Å². The van der Waals surface area contributed by atoms with Crippen LogP contribution in [0.1, 0.15) is 55.3 Å². The highest BCUT2D eigenvalue weighted by Crippen LogP contribution is 2.22. The molecule has 1 aromatic rings. The van der Waals surface area contributed by atoms with Crippen molar-refractivity contribution in [3.05, 3.63) is 33.3 Å². The summed E-state index contributed by atoms with van der Waals surface area (Å²) < 4.78 is 0.875. The molecule has 0 bridgehead atoms. The van der Waals surface area contributed by atoms with Crippen LogP contribution in [-0.4, -0.2) is 11.9 Å². The zero-order chi connectivity index (χ0) is 13.7. The maximum absolute atomic E-state index is 12.3. The van der Waals surface area contributed by atoms with Gasteiger partial charge in [-0.15, -0.1) is 0 Å². The number of amides is 1. The van der Waals surface area contributed by atoms with Crippen molar-refractivity contribution >= 4 is 33.4 Å². The Bertz CT molecular complexity index is 442. The first-order valence-corrected chi connectivity index (χ1v) is 8.10. The number of carbonyl (C=O) groups is 1. The zero-order valence-corrected chi connectivity index (χ0v) is 13.3. The molecule has 2 nitrogen and oxygen atoms in total. The molecule has 1 fully saturated rings. The molecule has 1 aromatic carbocycles. The topological polar surface area (TPSA) is 29.1 Å². The van der Waals surface area contributed by atoms with Crippen molar-refractivity contribution in [3.63, 3.8) is 0 Å². The Morgan fingerprint density at radius 3 is 2.47 bits per heavy atom. The van der Waals surface area contributed by atoms with E-state index in [1.807, 2.05) is 6.07 Å². The molecule has 1 amide bonds. The van der Waals surface area contributed by atoms with Crippen molar-refractivity contribution in [2.24, 2.45) is 0 Å². The zero-order valence-electron chi connectivity index (χ0n) is 10.9. The lowest BCUT2D eigenvalue weighted by atomic mass is 9.96. The van der Waals surface area contributed by atoms with Crippen LogP contribution in [0.2, 0.25) is 5.02 Å². The number of halogens is 2. The van der Waals surface area contributed by atoms with Crippen LogP contribution in [0, 0.1) is 0 Å². The Morgan fingerprint density at radius 2 is 1.79 bits per heavy atom. The Hall–Kier alpha value is -0.540. The third-order valence-corrected chi connectivity index (χ3v) is 4.44. The van der Waals surface area contributed by atoms with Gasteiger partial charge in [0.1, 0.15) is 0 Å². The molecule has 0 aliphatic heterocycles. The summed E-state index contributed by atoms with van der Waals surface area (Å²) in [5.74, 6) is -0.0585. The first-order chi connectivity index (χ1) is 9.16. The lowest BCUT2D eigenvalue weighted by Gasteiger charge is -2.21. The van der Waals surface area contributed by atoms with E-state index in [1.54, 1.807) is 12.1 Å². The first-order valence-electron chi connectivity index (χ1n) is 6.93. The maximum atomic E-state index is 12.3. The molecule has 2 rings (SSSR count). The number of rotatable bonds is 2. The first kappa shape index (κ1) is 14.9. The van der Waals surface area contributed by atoms with Crippen molar-refractivity contribution in [2.45, 2.75) is 51.0 Å².